The first-order valence-corrected chi connectivity index (χ1v) is 5.71. The Morgan fingerprint density at radius 2 is 1.71 bits per heavy atom. The third kappa shape index (κ3) is 3.53. The summed E-state index contributed by atoms with van der Waals surface area (Å²) in [5.41, 5.74) is 4.42. The Kier molecular flexibility index (Phi) is 4.19. The lowest BCUT2D eigenvalue weighted by molar-refractivity contribution is 0.646. The molecule has 1 rings (SSSR count). The Balaban J connectivity index is 2.83. The lowest BCUT2D eigenvalue weighted by Gasteiger charge is -2.09. The van der Waals surface area contributed by atoms with Gasteiger partial charge >= 0.3 is 0 Å². The Hall–Kier alpha value is -0.780. The van der Waals surface area contributed by atoms with Gasteiger partial charge in [0.1, 0.15) is 0 Å². The third-order valence-electron chi connectivity index (χ3n) is 2.38. The number of rotatable bonds is 4. The molecule has 0 bridgehead atoms. The maximum atomic E-state index is 2.37. The molecule has 0 fully saturated rings. The summed E-state index contributed by atoms with van der Waals surface area (Å²) in [6.45, 7) is 9.00. The quantitative estimate of drug-likeness (QED) is 0.669. The molecule has 0 spiro atoms. The van der Waals surface area contributed by atoms with Crippen LogP contribution in [0.3, 0.4) is 0 Å². The van der Waals surface area contributed by atoms with Gasteiger partial charge in [-0.1, -0.05) is 51.0 Å². The monoisotopic (exact) mass is 190 g/mol. The van der Waals surface area contributed by atoms with Crippen LogP contribution in [0.1, 0.15) is 43.9 Å². The molecule has 1 aromatic rings. The molecule has 0 aliphatic rings. The summed E-state index contributed by atoms with van der Waals surface area (Å²) < 4.78 is 0. The second kappa shape index (κ2) is 5.19. The minimum atomic E-state index is 0.756. The molecule has 78 valence electrons. The number of aryl methyl sites for hydroxylation is 2. The molecule has 0 nitrogen and oxygen atoms in total. The van der Waals surface area contributed by atoms with E-state index >= 15 is 0 Å². The van der Waals surface area contributed by atoms with Crippen LogP contribution in [0, 0.1) is 12.8 Å². The van der Waals surface area contributed by atoms with Gasteiger partial charge in [0.25, 0.3) is 0 Å². The summed E-state index contributed by atoms with van der Waals surface area (Å²) in [7, 11) is 0. The van der Waals surface area contributed by atoms with Gasteiger partial charge in [0.15, 0.2) is 0 Å². The summed E-state index contributed by atoms with van der Waals surface area (Å²) in [5.74, 6) is 0.756. The van der Waals surface area contributed by atoms with E-state index < -0.39 is 0 Å². The topological polar surface area (TPSA) is 0 Å². The molecule has 0 saturated carbocycles. The average molecular weight is 190 g/mol. The van der Waals surface area contributed by atoms with Crippen LogP contribution >= 0.6 is 0 Å². The van der Waals surface area contributed by atoms with Crippen LogP contribution in [0.25, 0.3) is 0 Å². The van der Waals surface area contributed by atoms with Crippen LogP contribution in [0.5, 0.6) is 0 Å². The third-order valence-corrected chi connectivity index (χ3v) is 2.38. The second-order valence-corrected chi connectivity index (χ2v) is 4.67. The second-order valence-electron chi connectivity index (χ2n) is 4.67. The van der Waals surface area contributed by atoms with E-state index in [2.05, 4.69) is 45.9 Å². The first kappa shape index (κ1) is 11.3. The molecule has 0 atom stereocenters. The van der Waals surface area contributed by atoms with E-state index in [-0.39, 0.29) is 0 Å². The van der Waals surface area contributed by atoms with E-state index in [1.165, 1.54) is 36.0 Å². The van der Waals surface area contributed by atoms with Crippen LogP contribution in [-0.2, 0) is 12.8 Å². The Morgan fingerprint density at radius 3 is 2.29 bits per heavy atom. The summed E-state index contributed by atoms with van der Waals surface area (Å²) >= 11 is 0. The van der Waals surface area contributed by atoms with Gasteiger partial charge in [-0.25, -0.2) is 0 Å². The Labute approximate surface area is 88.4 Å². The zero-order chi connectivity index (χ0) is 10.6. The van der Waals surface area contributed by atoms with Gasteiger partial charge in [0, 0.05) is 0 Å². The highest BCUT2D eigenvalue weighted by Crippen LogP contribution is 2.14. The van der Waals surface area contributed by atoms with Crippen LogP contribution in [0.2, 0.25) is 0 Å². The molecule has 0 N–H and O–H groups in total. The predicted octanol–water partition coefficient (Wildman–Crippen LogP) is 4.15. The molecule has 0 heteroatoms. The van der Waals surface area contributed by atoms with Crippen LogP contribution in [-0.4, -0.2) is 0 Å². The van der Waals surface area contributed by atoms with E-state index in [9.17, 15) is 0 Å². The lowest BCUT2D eigenvalue weighted by atomic mass is 9.97. The Morgan fingerprint density at radius 1 is 1.07 bits per heavy atom. The molecular weight excluding hydrogens is 168 g/mol. The standard InChI is InChI=1S/C14H22/c1-5-6-13-8-12(4)9-14(10-13)7-11(2)3/h8-11H,5-7H2,1-4H3. The Bertz CT molecular complexity index is 284. The molecule has 0 radical (unpaired) electrons. The van der Waals surface area contributed by atoms with E-state index in [1.807, 2.05) is 0 Å². The smallest absolute Gasteiger partial charge is 0.0255 e. The number of benzene rings is 1. The summed E-state index contributed by atoms with van der Waals surface area (Å²) in [6.07, 6.45) is 3.66. The molecule has 0 amide bonds. The van der Waals surface area contributed by atoms with E-state index in [1.54, 1.807) is 0 Å². The fraction of sp³-hybridized carbons (Fsp3) is 0.571. The molecule has 0 aliphatic heterocycles. The van der Waals surface area contributed by atoms with Crippen molar-refractivity contribution in [3.05, 3.63) is 34.9 Å². The van der Waals surface area contributed by atoms with Crippen molar-refractivity contribution in [1.29, 1.82) is 0 Å². The summed E-state index contributed by atoms with van der Waals surface area (Å²) in [6, 6.07) is 7.00. The van der Waals surface area contributed by atoms with Crippen molar-refractivity contribution in [1.82, 2.24) is 0 Å². The van der Waals surface area contributed by atoms with Crippen molar-refractivity contribution in [3.63, 3.8) is 0 Å². The maximum Gasteiger partial charge on any atom is -0.0255 e. The fourth-order valence-corrected chi connectivity index (χ4v) is 1.97. The molecule has 1 aromatic carbocycles. The first-order chi connectivity index (χ1) is 6.61. The summed E-state index contributed by atoms with van der Waals surface area (Å²) in [5, 5.41) is 0. The summed E-state index contributed by atoms with van der Waals surface area (Å²) in [4.78, 5) is 0. The highest BCUT2D eigenvalue weighted by molar-refractivity contribution is 5.29. The van der Waals surface area contributed by atoms with Gasteiger partial charge in [0.05, 0.1) is 0 Å². The minimum absolute atomic E-state index is 0.756. The zero-order valence-electron chi connectivity index (χ0n) is 9.93. The van der Waals surface area contributed by atoms with Crippen molar-refractivity contribution < 1.29 is 0 Å². The zero-order valence-corrected chi connectivity index (χ0v) is 9.93. The fourth-order valence-electron chi connectivity index (χ4n) is 1.97. The molecule has 0 aromatic heterocycles. The van der Waals surface area contributed by atoms with Crippen LogP contribution < -0.4 is 0 Å². The SMILES string of the molecule is CCCc1cc(C)cc(CC(C)C)c1. The van der Waals surface area contributed by atoms with Crippen molar-refractivity contribution in [2.24, 2.45) is 5.92 Å². The number of hydrogen-bond acceptors (Lipinski definition) is 0. The van der Waals surface area contributed by atoms with Gasteiger partial charge in [-0.2, -0.15) is 0 Å². The normalized spacial score (nSPS) is 10.9. The van der Waals surface area contributed by atoms with Crippen molar-refractivity contribution in [3.8, 4) is 0 Å². The van der Waals surface area contributed by atoms with Gasteiger partial charge in [-0.3, -0.25) is 0 Å². The van der Waals surface area contributed by atoms with Crippen molar-refractivity contribution in [2.45, 2.75) is 47.0 Å². The molecule has 14 heavy (non-hydrogen) atoms. The van der Waals surface area contributed by atoms with E-state index in [0.29, 0.717) is 0 Å². The highest BCUT2D eigenvalue weighted by atomic mass is 14.1. The molecular formula is C14H22. The molecule has 0 saturated heterocycles. The average Bonchev–Trinajstić information content (AvgIpc) is 2.01. The largest absolute Gasteiger partial charge is 0.0651 e. The van der Waals surface area contributed by atoms with E-state index in [4.69, 9.17) is 0 Å². The lowest BCUT2D eigenvalue weighted by Crippen LogP contribution is -1.96. The van der Waals surface area contributed by atoms with Crippen molar-refractivity contribution in [2.75, 3.05) is 0 Å². The molecule has 0 aliphatic carbocycles. The van der Waals surface area contributed by atoms with Crippen LogP contribution in [0.4, 0.5) is 0 Å². The highest BCUT2D eigenvalue weighted by Gasteiger charge is 2.00. The molecule has 0 heterocycles. The van der Waals surface area contributed by atoms with Gasteiger partial charge in [-0.05, 0) is 36.8 Å². The van der Waals surface area contributed by atoms with Crippen molar-refractivity contribution >= 4 is 0 Å². The van der Waals surface area contributed by atoms with E-state index in [0.717, 1.165) is 5.92 Å². The maximum absolute atomic E-state index is 2.37. The first-order valence-electron chi connectivity index (χ1n) is 5.71. The molecule has 0 unspecified atom stereocenters. The minimum Gasteiger partial charge on any atom is -0.0651 e. The van der Waals surface area contributed by atoms with Crippen LogP contribution in [0.15, 0.2) is 18.2 Å². The van der Waals surface area contributed by atoms with Gasteiger partial charge in [0.2, 0.25) is 0 Å². The van der Waals surface area contributed by atoms with Gasteiger partial charge in [-0.15, -0.1) is 0 Å². The number of hydrogen-bond donors (Lipinski definition) is 0. The predicted molar refractivity (Wildman–Crippen MR) is 63.7 cm³/mol. The van der Waals surface area contributed by atoms with Gasteiger partial charge < -0.3 is 0 Å².